The third-order valence-electron chi connectivity index (χ3n) is 3.51. The molecule has 110 valence electrons. The Morgan fingerprint density at radius 1 is 1.30 bits per heavy atom. The highest BCUT2D eigenvalue weighted by atomic mass is 16.5. The second-order valence-corrected chi connectivity index (χ2v) is 5.15. The van der Waals surface area contributed by atoms with E-state index < -0.39 is 0 Å². The van der Waals surface area contributed by atoms with Crippen LogP contribution in [-0.2, 0) is 0 Å². The molecule has 1 N–H and O–H groups in total. The van der Waals surface area contributed by atoms with E-state index in [9.17, 15) is 0 Å². The summed E-state index contributed by atoms with van der Waals surface area (Å²) in [6, 6.07) is 6.85. The van der Waals surface area contributed by atoms with E-state index in [2.05, 4.69) is 30.4 Å². The van der Waals surface area contributed by atoms with Gasteiger partial charge in [-0.1, -0.05) is 24.6 Å². The molecular weight excluding hydrogens is 250 g/mol. The minimum atomic E-state index is 0.646. The van der Waals surface area contributed by atoms with Crippen molar-refractivity contribution < 1.29 is 9.47 Å². The van der Waals surface area contributed by atoms with E-state index in [1.54, 1.807) is 7.11 Å². The quantitative estimate of drug-likeness (QED) is 0.785. The molecule has 1 saturated carbocycles. The fraction of sp³-hybridized carbons (Fsp3) is 0.529. The van der Waals surface area contributed by atoms with Crippen LogP contribution in [0.5, 0.6) is 11.5 Å². The van der Waals surface area contributed by atoms with Gasteiger partial charge in [0.25, 0.3) is 0 Å². The topological polar surface area (TPSA) is 30.5 Å². The lowest BCUT2D eigenvalue weighted by molar-refractivity contribution is 0.311. The Morgan fingerprint density at radius 3 is 2.70 bits per heavy atom. The van der Waals surface area contributed by atoms with Crippen LogP contribution in [0.25, 0.3) is 6.08 Å². The van der Waals surface area contributed by atoms with E-state index in [4.69, 9.17) is 9.47 Å². The van der Waals surface area contributed by atoms with Crippen LogP contribution >= 0.6 is 0 Å². The molecule has 3 heteroatoms. The van der Waals surface area contributed by atoms with Crippen LogP contribution in [0.3, 0.4) is 0 Å². The van der Waals surface area contributed by atoms with Crippen molar-refractivity contribution in [1.82, 2.24) is 5.32 Å². The Hall–Kier alpha value is -1.48. The summed E-state index contributed by atoms with van der Waals surface area (Å²) in [4.78, 5) is 0. The molecular formula is C17H25NO2. The zero-order valence-corrected chi connectivity index (χ0v) is 12.7. The molecule has 0 amide bonds. The van der Waals surface area contributed by atoms with Gasteiger partial charge in [0.05, 0.1) is 13.7 Å². The average Bonchev–Trinajstić information content (AvgIpc) is 3.28. The van der Waals surface area contributed by atoms with Crippen molar-refractivity contribution in [3.05, 3.63) is 29.3 Å². The zero-order valence-electron chi connectivity index (χ0n) is 12.7. The summed E-state index contributed by atoms with van der Waals surface area (Å²) in [5.41, 5.74) is 2.59. The number of methoxy groups -OCH3 is 1. The summed E-state index contributed by atoms with van der Waals surface area (Å²) in [5.74, 6) is 1.60. The molecule has 3 nitrogen and oxygen atoms in total. The van der Waals surface area contributed by atoms with Crippen LogP contribution in [0.15, 0.2) is 23.8 Å². The highest BCUT2D eigenvalue weighted by Gasteiger charge is 2.20. The van der Waals surface area contributed by atoms with Gasteiger partial charge >= 0.3 is 0 Å². The van der Waals surface area contributed by atoms with Gasteiger partial charge in [-0.15, -0.1) is 0 Å². The number of hydrogen-bond donors (Lipinski definition) is 1. The first-order valence-corrected chi connectivity index (χ1v) is 7.50. The van der Waals surface area contributed by atoms with Crippen LogP contribution in [0.2, 0.25) is 0 Å². The van der Waals surface area contributed by atoms with Gasteiger partial charge < -0.3 is 14.8 Å². The maximum Gasteiger partial charge on any atom is 0.161 e. The molecule has 0 aliphatic heterocycles. The van der Waals surface area contributed by atoms with E-state index in [1.165, 1.54) is 24.0 Å². The van der Waals surface area contributed by atoms with Gasteiger partial charge in [-0.25, -0.2) is 0 Å². The number of nitrogens with one attached hydrogen (secondary N) is 1. The molecule has 0 aromatic heterocycles. The standard InChI is InChI=1S/C17H25NO2/c1-4-13(12-18-15-7-8-15)10-14-6-9-16(19-3)17(11-14)20-5-2/h6,9-11,15,18H,4-5,7-8,12H2,1-3H3. The smallest absolute Gasteiger partial charge is 0.161 e. The van der Waals surface area contributed by atoms with Crippen molar-refractivity contribution in [1.29, 1.82) is 0 Å². The Balaban J connectivity index is 2.10. The molecule has 1 aliphatic carbocycles. The summed E-state index contributed by atoms with van der Waals surface area (Å²) in [6.07, 6.45) is 5.97. The monoisotopic (exact) mass is 275 g/mol. The largest absolute Gasteiger partial charge is 0.493 e. The molecule has 0 radical (unpaired) electrons. The summed E-state index contributed by atoms with van der Waals surface area (Å²) in [6.45, 7) is 5.82. The van der Waals surface area contributed by atoms with Crippen molar-refractivity contribution in [3.63, 3.8) is 0 Å². The fourth-order valence-corrected chi connectivity index (χ4v) is 2.13. The predicted octanol–water partition coefficient (Wildman–Crippen LogP) is 3.64. The molecule has 0 unspecified atom stereocenters. The number of rotatable bonds is 8. The highest BCUT2D eigenvalue weighted by molar-refractivity contribution is 5.58. The third-order valence-corrected chi connectivity index (χ3v) is 3.51. The summed E-state index contributed by atoms with van der Waals surface area (Å²) in [7, 11) is 1.67. The van der Waals surface area contributed by atoms with Gasteiger partial charge in [0.1, 0.15) is 0 Å². The number of hydrogen-bond acceptors (Lipinski definition) is 3. The SMILES string of the molecule is CCOc1cc(C=C(CC)CNC2CC2)ccc1OC. The average molecular weight is 275 g/mol. The molecule has 1 fully saturated rings. The summed E-state index contributed by atoms with van der Waals surface area (Å²) >= 11 is 0. The molecule has 1 aromatic rings. The first-order chi connectivity index (χ1) is 9.76. The molecule has 2 rings (SSSR count). The first-order valence-electron chi connectivity index (χ1n) is 7.50. The zero-order chi connectivity index (χ0) is 14.4. The van der Waals surface area contributed by atoms with Gasteiger partial charge in [0.15, 0.2) is 11.5 Å². The van der Waals surface area contributed by atoms with E-state index in [-0.39, 0.29) is 0 Å². The van der Waals surface area contributed by atoms with Crippen LogP contribution in [0, 0.1) is 0 Å². The maximum absolute atomic E-state index is 5.62. The van der Waals surface area contributed by atoms with Crippen LogP contribution in [-0.4, -0.2) is 26.3 Å². The molecule has 0 bridgehead atoms. The number of benzene rings is 1. The summed E-state index contributed by atoms with van der Waals surface area (Å²) in [5, 5.41) is 3.57. The van der Waals surface area contributed by atoms with Crippen molar-refractivity contribution in [2.24, 2.45) is 0 Å². The van der Waals surface area contributed by atoms with Crippen LogP contribution < -0.4 is 14.8 Å². The van der Waals surface area contributed by atoms with Gasteiger partial charge in [-0.05, 0) is 43.9 Å². The first kappa shape index (κ1) is 14.9. The predicted molar refractivity (Wildman–Crippen MR) is 83.5 cm³/mol. The van der Waals surface area contributed by atoms with Gasteiger partial charge in [0, 0.05) is 12.6 Å². The minimum Gasteiger partial charge on any atom is -0.493 e. The molecule has 1 aliphatic rings. The molecule has 0 atom stereocenters. The van der Waals surface area contributed by atoms with Gasteiger partial charge in [-0.2, -0.15) is 0 Å². The van der Waals surface area contributed by atoms with Crippen molar-refractivity contribution >= 4 is 6.08 Å². The minimum absolute atomic E-state index is 0.646. The van der Waals surface area contributed by atoms with E-state index in [0.717, 1.165) is 30.5 Å². The second kappa shape index (κ2) is 7.34. The molecule has 0 spiro atoms. The second-order valence-electron chi connectivity index (χ2n) is 5.15. The Morgan fingerprint density at radius 2 is 2.10 bits per heavy atom. The lowest BCUT2D eigenvalue weighted by Crippen LogP contribution is -2.18. The van der Waals surface area contributed by atoms with Crippen LogP contribution in [0.4, 0.5) is 0 Å². The Kier molecular flexibility index (Phi) is 5.48. The maximum atomic E-state index is 5.62. The van der Waals surface area contributed by atoms with Gasteiger partial charge in [-0.3, -0.25) is 0 Å². The van der Waals surface area contributed by atoms with Crippen LogP contribution in [0.1, 0.15) is 38.7 Å². The lowest BCUT2D eigenvalue weighted by Gasteiger charge is -2.11. The van der Waals surface area contributed by atoms with Crippen molar-refractivity contribution in [2.45, 2.75) is 39.2 Å². The molecule has 20 heavy (non-hydrogen) atoms. The van der Waals surface area contributed by atoms with Gasteiger partial charge in [0.2, 0.25) is 0 Å². The Labute approximate surface area is 122 Å². The molecule has 0 saturated heterocycles. The Bertz CT molecular complexity index is 464. The third kappa shape index (κ3) is 4.27. The number of ether oxygens (including phenoxy) is 2. The van der Waals surface area contributed by atoms with E-state index in [1.807, 2.05) is 13.0 Å². The van der Waals surface area contributed by atoms with Crippen molar-refractivity contribution in [3.8, 4) is 11.5 Å². The summed E-state index contributed by atoms with van der Waals surface area (Å²) < 4.78 is 10.9. The van der Waals surface area contributed by atoms with E-state index >= 15 is 0 Å². The molecule has 1 aromatic carbocycles. The lowest BCUT2D eigenvalue weighted by atomic mass is 10.1. The van der Waals surface area contributed by atoms with Crippen molar-refractivity contribution in [2.75, 3.05) is 20.3 Å². The molecule has 0 heterocycles. The normalized spacial score (nSPS) is 15.2. The fourth-order valence-electron chi connectivity index (χ4n) is 2.13. The highest BCUT2D eigenvalue weighted by Crippen LogP contribution is 2.29. The van der Waals surface area contributed by atoms with E-state index in [0.29, 0.717) is 6.61 Å².